The molecule has 0 aromatic carbocycles. The summed E-state index contributed by atoms with van der Waals surface area (Å²) >= 11 is 0. The lowest BCUT2D eigenvalue weighted by molar-refractivity contribution is -0.186. The molecule has 0 atom stereocenters. The number of hydrogen-bond acceptors (Lipinski definition) is 2. The van der Waals surface area contributed by atoms with Gasteiger partial charge in [0.25, 0.3) is 5.91 Å². The highest BCUT2D eigenvalue weighted by molar-refractivity contribution is 5.81. The number of fused-ring (bicyclic) bond motifs is 3. The predicted molar refractivity (Wildman–Crippen MR) is 53.4 cm³/mol. The number of amides is 1. The molecule has 0 radical (unpaired) electrons. The zero-order valence-electron chi connectivity index (χ0n) is 9.08. The van der Waals surface area contributed by atoms with Crippen molar-refractivity contribution in [3.05, 3.63) is 0 Å². The lowest BCUT2D eigenvalue weighted by Gasteiger charge is -2.46. The van der Waals surface area contributed by atoms with Crippen LogP contribution in [0.4, 0.5) is 0 Å². The van der Waals surface area contributed by atoms with Crippen molar-refractivity contribution in [3.63, 3.8) is 0 Å². The molecule has 3 nitrogen and oxygen atoms in total. The highest BCUT2D eigenvalue weighted by Crippen LogP contribution is 2.50. The summed E-state index contributed by atoms with van der Waals surface area (Å²) in [5.74, 6) is 1.09. The molecule has 0 aliphatic heterocycles. The summed E-state index contributed by atoms with van der Waals surface area (Å²) in [4.78, 5) is 17.1. The summed E-state index contributed by atoms with van der Waals surface area (Å²) in [5.41, 5.74) is -0.0699. The SMILES string of the molecule is CON(C)C(=O)C12CCC(CC1)CC2. The molecule has 2 bridgehead atoms. The van der Waals surface area contributed by atoms with Gasteiger partial charge >= 0.3 is 0 Å². The number of hydroxylamine groups is 2. The van der Waals surface area contributed by atoms with Crippen LogP contribution in [0.2, 0.25) is 0 Å². The van der Waals surface area contributed by atoms with E-state index in [1.54, 1.807) is 14.2 Å². The average molecular weight is 197 g/mol. The predicted octanol–water partition coefficient (Wildman–Crippen LogP) is 1.98. The summed E-state index contributed by atoms with van der Waals surface area (Å²) in [6, 6.07) is 0. The van der Waals surface area contributed by atoms with Crippen LogP contribution in [0, 0.1) is 11.3 Å². The maximum atomic E-state index is 12.1. The monoisotopic (exact) mass is 197 g/mol. The molecule has 0 heterocycles. The van der Waals surface area contributed by atoms with Crippen molar-refractivity contribution in [2.75, 3.05) is 14.2 Å². The van der Waals surface area contributed by atoms with Crippen LogP contribution in [-0.4, -0.2) is 25.1 Å². The third-order valence-electron chi connectivity index (χ3n) is 4.11. The zero-order valence-corrected chi connectivity index (χ0v) is 9.08. The Balaban J connectivity index is 2.10. The van der Waals surface area contributed by atoms with E-state index in [9.17, 15) is 4.79 Å². The van der Waals surface area contributed by atoms with Gasteiger partial charge in [0.1, 0.15) is 0 Å². The first-order valence-electron chi connectivity index (χ1n) is 5.50. The van der Waals surface area contributed by atoms with Crippen molar-refractivity contribution in [3.8, 4) is 0 Å². The lowest BCUT2D eigenvalue weighted by Crippen LogP contribution is -2.46. The van der Waals surface area contributed by atoms with Crippen LogP contribution in [0.25, 0.3) is 0 Å². The molecule has 0 aromatic rings. The third kappa shape index (κ3) is 1.44. The van der Waals surface area contributed by atoms with Crippen molar-refractivity contribution in [1.82, 2.24) is 5.06 Å². The van der Waals surface area contributed by atoms with Crippen LogP contribution in [0.15, 0.2) is 0 Å². The molecule has 0 spiro atoms. The van der Waals surface area contributed by atoms with E-state index in [0.29, 0.717) is 0 Å². The molecule has 3 aliphatic rings. The second kappa shape index (κ2) is 3.54. The van der Waals surface area contributed by atoms with Crippen LogP contribution in [0.3, 0.4) is 0 Å². The molecule has 3 fully saturated rings. The van der Waals surface area contributed by atoms with E-state index < -0.39 is 0 Å². The summed E-state index contributed by atoms with van der Waals surface area (Å²) in [5, 5.41) is 1.41. The largest absolute Gasteiger partial charge is 0.275 e. The molecule has 0 saturated heterocycles. The Kier molecular flexibility index (Phi) is 2.52. The Bertz CT molecular complexity index is 218. The Morgan fingerprint density at radius 3 is 2.21 bits per heavy atom. The van der Waals surface area contributed by atoms with Gasteiger partial charge in [-0.25, -0.2) is 5.06 Å². The first kappa shape index (κ1) is 9.97. The molecule has 0 aromatic heterocycles. The smallest absolute Gasteiger partial charge is 0.252 e. The molecule has 3 aliphatic carbocycles. The minimum atomic E-state index is -0.0699. The van der Waals surface area contributed by atoms with Crippen molar-refractivity contribution in [1.29, 1.82) is 0 Å². The summed E-state index contributed by atoms with van der Waals surface area (Å²) < 4.78 is 0. The van der Waals surface area contributed by atoms with E-state index in [1.807, 2.05) is 0 Å². The molecule has 80 valence electrons. The topological polar surface area (TPSA) is 29.5 Å². The van der Waals surface area contributed by atoms with Gasteiger partial charge in [0.2, 0.25) is 0 Å². The number of nitrogens with zero attached hydrogens (tertiary/aromatic N) is 1. The Morgan fingerprint density at radius 1 is 1.29 bits per heavy atom. The molecule has 0 unspecified atom stereocenters. The van der Waals surface area contributed by atoms with Gasteiger partial charge in [0, 0.05) is 7.05 Å². The number of rotatable bonds is 2. The standard InChI is InChI=1S/C11H19NO2/c1-12(14-2)10(13)11-6-3-9(4-7-11)5-8-11/h9H,3-8H2,1-2H3. The van der Waals surface area contributed by atoms with Crippen LogP contribution >= 0.6 is 0 Å². The van der Waals surface area contributed by atoms with Crippen LogP contribution < -0.4 is 0 Å². The second-order valence-corrected chi connectivity index (χ2v) is 4.75. The molecular weight excluding hydrogens is 178 g/mol. The molecule has 1 amide bonds. The zero-order chi connectivity index (χ0) is 10.2. The first-order chi connectivity index (χ1) is 6.68. The third-order valence-corrected chi connectivity index (χ3v) is 4.11. The quantitative estimate of drug-likeness (QED) is 0.633. The Morgan fingerprint density at radius 2 is 1.79 bits per heavy atom. The molecular formula is C11H19NO2. The van der Waals surface area contributed by atoms with Crippen LogP contribution in [0.5, 0.6) is 0 Å². The van der Waals surface area contributed by atoms with Crippen molar-refractivity contribution in [2.45, 2.75) is 38.5 Å². The van der Waals surface area contributed by atoms with Crippen molar-refractivity contribution in [2.24, 2.45) is 11.3 Å². The number of carbonyl (C=O) groups is 1. The average Bonchev–Trinajstić information content (AvgIpc) is 2.29. The molecule has 3 saturated carbocycles. The van der Waals surface area contributed by atoms with Gasteiger partial charge in [0.05, 0.1) is 12.5 Å². The summed E-state index contributed by atoms with van der Waals surface area (Å²) in [7, 11) is 3.28. The van der Waals surface area contributed by atoms with E-state index in [1.165, 1.54) is 24.3 Å². The Hall–Kier alpha value is -0.570. The van der Waals surface area contributed by atoms with E-state index in [4.69, 9.17) is 4.84 Å². The van der Waals surface area contributed by atoms with E-state index in [0.717, 1.165) is 25.2 Å². The fraction of sp³-hybridized carbons (Fsp3) is 0.909. The lowest BCUT2D eigenvalue weighted by atomic mass is 9.60. The maximum absolute atomic E-state index is 12.1. The van der Waals surface area contributed by atoms with Gasteiger partial charge in [-0.05, 0) is 44.4 Å². The van der Waals surface area contributed by atoms with Crippen LogP contribution in [-0.2, 0) is 9.63 Å². The van der Waals surface area contributed by atoms with Gasteiger partial charge in [-0.15, -0.1) is 0 Å². The fourth-order valence-corrected chi connectivity index (χ4v) is 2.99. The van der Waals surface area contributed by atoms with Crippen molar-refractivity contribution >= 4 is 5.91 Å². The van der Waals surface area contributed by atoms with Gasteiger partial charge < -0.3 is 0 Å². The normalized spacial score (nSPS) is 35.7. The summed E-state index contributed by atoms with van der Waals surface area (Å²) in [6.45, 7) is 0. The highest BCUT2D eigenvalue weighted by Gasteiger charge is 2.47. The Labute approximate surface area is 85.4 Å². The van der Waals surface area contributed by atoms with E-state index in [2.05, 4.69) is 0 Å². The van der Waals surface area contributed by atoms with Gasteiger partial charge in [-0.1, -0.05) is 0 Å². The van der Waals surface area contributed by atoms with Gasteiger partial charge in [-0.2, -0.15) is 0 Å². The minimum absolute atomic E-state index is 0.0699. The van der Waals surface area contributed by atoms with Gasteiger partial charge in [-0.3, -0.25) is 9.63 Å². The first-order valence-corrected chi connectivity index (χ1v) is 5.50. The fourth-order valence-electron chi connectivity index (χ4n) is 2.99. The second-order valence-electron chi connectivity index (χ2n) is 4.75. The molecule has 3 heteroatoms. The maximum Gasteiger partial charge on any atom is 0.252 e. The molecule has 3 rings (SSSR count). The molecule has 14 heavy (non-hydrogen) atoms. The van der Waals surface area contributed by atoms with Gasteiger partial charge in [0.15, 0.2) is 0 Å². The number of carbonyl (C=O) groups excluding carboxylic acids is 1. The number of hydrogen-bond donors (Lipinski definition) is 0. The highest BCUT2D eigenvalue weighted by atomic mass is 16.7. The van der Waals surface area contributed by atoms with E-state index >= 15 is 0 Å². The summed E-state index contributed by atoms with van der Waals surface area (Å²) in [6.07, 6.45) is 6.94. The van der Waals surface area contributed by atoms with Crippen LogP contribution in [0.1, 0.15) is 38.5 Å². The molecule has 0 N–H and O–H groups in total. The van der Waals surface area contributed by atoms with Crippen molar-refractivity contribution < 1.29 is 9.63 Å². The minimum Gasteiger partial charge on any atom is -0.275 e. The van der Waals surface area contributed by atoms with E-state index in [-0.39, 0.29) is 11.3 Å².